The summed E-state index contributed by atoms with van der Waals surface area (Å²) < 4.78 is 13.0. The molecule has 0 saturated carbocycles. The van der Waals surface area contributed by atoms with E-state index in [2.05, 4.69) is 31.4 Å². The fourth-order valence-electron chi connectivity index (χ4n) is 1.18. The number of hydrogen-bond donors (Lipinski definition) is 2. The van der Waals surface area contributed by atoms with Gasteiger partial charge >= 0.3 is 0 Å². The summed E-state index contributed by atoms with van der Waals surface area (Å²) in [5.74, 6) is -0.611. The van der Waals surface area contributed by atoms with Gasteiger partial charge in [0.15, 0.2) is 5.17 Å². The molecule has 1 amide bonds. The number of aromatic hydroxyl groups is 1. The molecule has 1 aromatic rings. The molecule has 1 saturated heterocycles. The third-order valence-electron chi connectivity index (χ3n) is 2.03. The maximum absolute atomic E-state index is 13.0. The molecule has 1 aliphatic heterocycles. The highest BCUT2D eigenvalue weighted by Crippen LogP contribution is 2.29. The summed E-state index contributed by atoms with van der Waals surface area (Å²) in [6.07, 6.45) is 1.28. The molecule has 0 spiro atoms. The van der Waals surface area contributed by atoms with Crippen LogP contribution in [0, 0.1) is 5.82 Å². The number of carbonyl (C=O) groups excluding carboxylic acids is 1. The highest BCUT2D eigenvalue weighted by molar-refractivity contribution is 9.10. The number of amides is 1. The van der Waals surface area contributed by atoms with Crippen LogP contribution in [0.4, 0.5) is 4.39 Å². The van der Waals surface area contributed by atoms with Crippen molar-refractivity contribution in [2.75, 3.05) is 5.75 Å². The Morgan fingerprint density at radius 1 is 1.56 bits per heavy atom. The second kappa shape index (κ2) is 5.49. The topological polar surface area (TPSA) is 74.0 Å². The first-order valence-corrected chi connectivity index (χ1v) is 6.56. The maximum atomic E-state index is 13.0. The summed E-state index contributed by atoms with van der Waals surface area (Å²) in [6, 6.07) is 2.57. The Kier molecular flexibility index (Phi) is 3.97. The fraction of sp³-hybridized carbons (Fsp3) is 0.100. The molecule has 2 N–H and O–H groups in total. The summed E-state index contributed by atoms with van der Waals surface area (Å²) in [5, 5.41) is 20.0. The van der Waals surface area contributed by atoms with Crippen LogP contribution in [0.15, 0.2) is 26.8 Å². The van der Waals surface area contributed by atoms with Gasteiger partial charge in [0.25, 0.3) is 0 Å². The van der Waals surface area contributed by atoms with E-state index in [1.54, 1.807) is 0 Å². The van der Waals surface area contributed by atoms with Crippen LogP contribution in [0.2, 0.25) is 0 Å². The largest absolute Gasteiger partial charge is 0.506 e. The zero-order valence-electron chi connectivity index (χ0n) is 8.85. The van der Waals surface area contributed by atoms with Crippen LogP contribution in [0.5, 0.6) is 5.75 Å². The lowest BCUT2D eigenvalue weighted by atomic mass is 10.2. The van der Waals surface area contributed by atoms with E-state index in [4.69, 9.17) is 0 Å². The first-order chi connectivity index (χ1) is 8.58. The van der Waals surface area contributed by atoms with E-state index in [1.165, 1.54) is 30.1 Å². The van der Waals surface area contributed by atoms with Crippen molar-refractivity contribution in [1.82, 2.24) is 5.32 Å². The van der Waals surface area contributed by atoms with Gasteiger partial charge in [-0.1, -0.05) is 11.8 Å². The molecule has 0 unspecified atom stereocenters. The first-order valence-electron chi connectivity index (χ1n) is 4.78. The van der Waals surface area contributed by atoms with Crippen LogP contribution in [-0.4, -0.2) is 28.1 Å². The Bertz CT molecular complexity index is 562. The number of phenols is 1. The number of nitrogens with one attached hydrogen (secondary N) is 1. The summed E-state index contributed by atoms with van der Waals surface area (Å²) >= 11 is 4.15. The molecule has 18 heavy (non-hydrogen) atoms. The van der Waals surface area contributed by atoms with E-state index in [-0.39, 0.29) is 16.1 Å². The number of thioether (sulfide) groups is 1. The van der Waals surface area contributed by atoms with Crippen molar-refractivity contribution in [2.45, 2.75) is 0 Å². The summed E-state index contributed by atoms with van der Waals surface area (Å²) in [5.41, 5.74) is 0.321. The molecule has 5 nitrogen and oxygen atoms in total. The van der Waals surface area contributed by atoms with E-state index in [0.29, 0.717) is 16.5 Å². The van der Waals surface area contributed by atoms with E-state index in [9.17, 15) is 14.3 Å². The van der Waals surface area contributed by atoms with Gasteiger partial charge in [-0.15, -0.1) is 5.10 Å². The van der Waals surface area contributed by atoms with Crippen LogP contribution >= 0.6 is 27.7 Å². The fourth-order valence-corrected chi connectivity index (χ4v) is 2.17. The molecule has 1 aliphatic rings. The number of nitrogens with zero attached hydrogens (tertiary/aromatic N) is 2. The molecular formula is C10H7BrFN3O2S. The van der Waals surface area contributed by atoms with E-state index < -0.39 is 5.82 Å². The van der Waals surface area contributed by atoms with Gasteiger partial charge in [-0.05, 0) is 28.1 Å². The number of hydrogen-bond acceptors (Lipinski definition) is 5. The molecule has 0 radical (unpaired) electrons. The zero-order valence-corrected chi connectivity index (χ0v) is 11.3. The Balaban J connectivity index is 2.15. The number of carbonyl (C=O) groups is 1. The van der Waals surface area contributed by atoms with Crippen molar-refractivity contribution >= 4 is 45.0 Å². The van der Waals surface area contributed by atoms with Gasteiger partial charge in [0.05, 0.1) is 16.4 Å². The normalized spacial score (nSPS) is 17.7. The third kappa shape index (κ3) is 2.88. The van der Waals surface area contributed by atoms with Crippen molar-refractivity contribution in [3.8, 4) is 5.75 Å². The number of benzene rings is 1. The highest BCUT2D eigenvalue weighted by Gasteiger charge is 2.16. The lowest BCUT2D eigenvalue weighted by molar-refractivity contribution is -0.116. The Hall–Kier alpha value is -1.41. The summed E-state index contributed by atoms with van der Waals surface area (Å²) in [7, 11) is 0. The minimum Gasteiger partial charge on any atom is -0.506 e. The number of halogens is 2. The highest BCUT2D eigenvalue weighted by atomic mass is 79.9. The molecule has 94 valence electrons. The third-order valence-corrected chi connectivity index (χ3v) is 3.65. The molecule has 0 aromatic heterocycles. The minimum atomic E-state index is -0.561. The SMILES string of the molecule is O=C1CSC(=NN=Cc2ccc(F)c(Br)c2O)N1. The molecule has 0 aliphatic carbocycles. The van der Waals surface area contributed by atoms with Gasteiger partial charge in [-0.25, -0.2) is 4.39 Å². The lowest BCUT2D eigenvalue weighted by Crippen LogP contribution is -2.19. The maximum Gasteiger partial charge on any atom is 0.236 e. The molecule has 1 heterocycles. The summed E-state index contributed by atoms with van der Waals surface area (Å²) in [4.78, 5) is 10.9. The molecule has 0 atom stereocenters. The zero-order chi connectivity index (χ0) is 13.1. The van der Waals surface area contributed by atoms with Crippen molar-refractivity contribution in [2.24, 2.45) is 10.2 Å². The second-order valence-electron chi connectivity index (χ2n) is 3.29. The minimum absolute atomic E-state index is 0.0253. The predicted molar refractivity (Wildman–Crippen MR) is 71.4 cm³/mol. The van der Waals surface area contributed by atoms with Crippen LogP contribution in [-0.2, 0) is 4.79 Å². The standard InChI is InChI=1S/C10H7BrFN3O2S/c11-8-6(12)2-1-5(9(8)17)3-13-15-10-14-7(16)4-18-10/h1-3,17H,4H2,(H,14,15,16). The summed E-state index contributed by atoms with van der Waals surface area (Å²) in [6.45, 7) is 0. The average molecular weight is 332 g/mol. The van der Waals surface area contributed by atoms with Crippen LogP contribution in [0.1, 0.15) is 5.56 Å². The smallest absolute Gasteiger partial charge is 0.236 e. The molecule has 1 fully saturated rings. The molecule has 2 rings (SSSR count). The Morgan fingerprint density at radius 2 is 2.33 bits per heavy atom. The van der Waals surface area contributed by atoms with E-state index in [1.807, 2.05) is 0 Å². The monoisotopic (exact) mass is 331 g/mol. The molecular weight excluding hydrogens is 325 g/mol. The quantitative estimate of drug-likeness (QED) is 0.641. The van der Waals surface area contributed by atoms with Crippen molar-refractivity contribution in [1.29, 1.82) is 0 Å². The number of rotatable bonds is 2. The van der Waals surface area contributed by atoms with Gasteiger partial charge in [0, 0.05) is 5.56 Å². The van der Waals surface area contributed by atoms with Crippen LogP contribution < -0.4 is 5.32 Å². The van der Waals surface area contributed by atoms with Crippen LogP contribution in [0.3, 0.4) is 0 Å². The van der Waals surface area contributed by atoms with E-state index >= 15 is 0 Å². The van der Waals surface area contributed by atoms with Crippen molar-refractivity contribution < 1.29 is 14.3 Å². The lowest BCUT2D eigenvalue weighted by Gasteiger charge is -2.01. The second-order valence-corrected chi connectivity index (χ2v) is 5.04. The predicted octanol–water partition coefficient (Wildman–Crippen LogP) is 1.85. The Morgan fingerprint density at radius 3 is 3.00 bits per heavy atom. The molecule has 0 bridgehead atoms. The molecule has 1 aromatic carbocycles. The van der Waals surface area contributed by atoms with Gasteiger partial charge < -0.3 is 10.4 Å². The van der Waals surface area contributed by atoms with Gasteiger partial charge in [0.2, 0.25) is 5.91 Å². The van der Waals surface area contributed by atoms with Gasteiger partial charge in [-0.3, -0.25) is 4.79 Å². The first kappa shape index (κ1) is 13.0. The number of phenolic OH excluding ortho intramolecular Hbond substituents is 1. The van der Waals surface area contributed by atoms with Crippen molar-refractivity contribution in [3.63, 3.8) is 0 Å². The number of amidine groups is 1. The van der Waals surface area contributed by atoms with Gasteiger partial charge in [-0.2, -0.15) is 5.10 Å². The average Bonchev–Trinajstić information content (AvgIpc) is 2.75. The Labute approximate surface area is 114 Å². The molecule has 8 heteroatoms. The van der Waals surface area contributed by atoms with Gasteiger partial charge in [0.1, 0.15) is 11.6 Å². The van der Waals surface area contributed by atoms with Crippen LogP contribution in [0.25, 0.3) is 0 Å². The van der Waals surface area contributed by atoms with Crippen molar-refractivity contribution in [3.05, 3.63) is 28.0 Å². The van der Waals surface area contributed by atoms with E-state index in [0.717, 1.165) is 0 Å².